The number of rotatable bonds is 5. The first-order valence-corrected chi connectivity index (χ1v) is 6.18. The molecule has 0 heterocycles. The van der Waals surface area contributed by atoms with Crippen molar-refractivity contribution in [3.63, 3.8) is 0 Å². The molecule has 0 aliphatic heterocycles. The van der Waals surface area contributed by atoms with Crippen LogP contribution in [0.4, 0.5) is 8.78 Å². The first-order valence-electron chi connectivity index (χ1n) is 6.18. The molecule has 1 unspecified atom stereocenters. The second kappa shape index (κ2) is 6.10. The van der Waals surface area contributed by atoms with Gasteiger partial charge in [0.15, 0.2) is 0 Å². The van der Waals surface area contributed by atoms with Crippen LogP contribution in [0.25, 0.3) is 0 Å². The van der Waals surface area contributed by atoms with Crippen molar-refractivity contribution in [3.05, 3.63) is 35.9 Å². The van der Waals surface area contributed by atoms with Gasteiger partial charge in [0.25, 0.3) is 5.91 Å². The van der Waals surface area contributed by atoms with Gasteiger partial charge in [0.05, 0.1) is 6.04 Å². The Hall–Kier alpha value is -1.49. The molecule has 5 heteroatoms. The second-order valence-corrected chi connectivity index (χ2v) is 4.92. The van der Waals surface area contributed by atoms with Crippen LogP contribution >= 0.6 is 0 Å². The molecule has 0 radical (unpaired) electrons. The van der Waals surface area contributed by atoms with E-state index in [0.29, 0.717) is 0 Å². The Kier molecular flexibility index (Phi) is 5.00. The first-order chi connectivity index (χ1) is 8.76. The highest BCUT2D eigenvalue weighted by Gasteiger charge is 2.48. The van der Waals surface area contributed by atoms with Gasteiger partial charge in [0.2, 0.25) is 0 Å². The molecule has 1 aromatic rings. The molecule has 1 aromatic carbocycles. The van der Waals surface area contributed by atoms with Crippen LogP contribution in [-0.2, 0) is 4.79 Å². The maximum atomic E-state index is 13.7. The van der Waals surface area contributed by atoms with Crippen LogP contribution in [0.5, 0.6) is 0 Å². The van der Waals surface area contributed by atoms with E-state index in [1.54, 1.807) is 37.3 Å². The number of aliphatic hydroxyl groups is 1. The minimum atomic E-state index is -3.79. The largest absolute Gasteiger partial charge is 0.386 e. The fourth-order valence-electron chi connectivity index (χ4n) is 1.67. The molecule has 0 bridgehead atoms. The van der Waals surface area contributed by atoms with E-state index in [1.807, 2.05) is 0 Å². The van der Waals surface area contributed by atoms with E-state index >= 15 is 0 Å². The van der Waals surface area contributed by atoms with E-state index in [2.05, 4.69) is 5.32 Å². The average Bonchev–Trinajstić information content (AvgIpc) is 2.38. The van der Waals surface area contributed by atoms with E-state index in [9.17, 15) is 18.7 Å². The van der Waals surface area contributed by atoms with Crippen molar-refractivity contribution < 1.29 is 18.7 Å². The number of aliphatic hydroxyl groups excluding tert-OH is 1. The summed E-state index contributed by atoms with van der Waals surface area (Å²) in [5.74, 6) is -5.95. The zero-order chi connectivity index (χ0) is 14.6. The Morgan fingerprint density at radius 2 is 1.74 bits per heavy atom. The lowest BCUT2D eigenvalue weighted by Gasteiger charge is -2.26. The molecule has 106 valence electrons. The van der Waals surface area contributed by atoms with Crippen molar-refractivity contribution in [1.82, 2.24) is 5.32 Å². The summed E-state index contributed by atoms with van der Waals surface area (Å²) in [6.07, 6.45) is -1.99. The van der Waals surface area contributed by atoms with Gasteiger partial charge in [0, 0.05) is 0 Å². The Morgan fingerprint density at radius 1 is 1.21 bits per heavy atom. The normalized spacial score (nSPS) is 15.1. The minimum Gasteiger partial charge on any atom is -0.386 e. The summed E-state index contributed by atoms with van der Waals surface area (Å²) in [7, 11) is 0. The number of amides is 1. The van der Waals surface area contributed by atoms with E-state index in [1.165, 1.54) is 13.8 Å². The number of hydrogen-bond donors (Lipinski definition) is 2. The Balaban J connectivity index is 2.74. The zero-order valence-electron chi connectivity index (χ0n) is 11.2. The Morgan fingerprint density at radius 3 is 2.21 bits per heavy atom. The van der Waals surface area contributed by atoms with Gasteiger partial charge in [-0.05, 0) is 18.4 Å². The van der Waals surface area contributed by atoms with Crippen molar-refractivity contribution in [3.8, 4) is 0 Å². The van der Waals surface area contributed by atoms with Crippen LogP contribution in [0.3, 0.4) is 0 Å². The van der Waals surface area contributed by atoms with E-state index < -0.39 is 29.9 Å². The highest BCUT2D eigenvalue weighted by atomic mass is 19.3. The predicted octanol–water partition coefficient (Wildman–Crippen LogP) is 2.52. The lowest BCUT2D eigenvalue weighted by Crippen LogP contribution is -2.50. The molecule has 0 saturated carbocycles. The maximum absolute atomic E-state index is 13.7. The average molecular weight is 271 g/mol. The Labute approximate surface area is 111 Å². The smallest absolute Gasteiger partial charge is 0.349 e. The molecular formula is C14H19F2NO2. The fraction of sp³-hybridized carbons (Fsp3) is 0.500. The molecule has 19 heavy (non-hydrogen) atoms. The number of nitrogens with one attached hydrogen (secondary N) is 1. The molecule has 0 saturated heterocycles. The van der Waals surface area contributed by atoms with Crippen molar-refractivity contribution in [2.24, 2.45) is 5.92 Å². The summed E-state index contributed by atoms with van der Waals surface area (Å²) in [5.41, 5.74) is 0.727. The topological polar surface area (TPSA) is 49.3 Å². The van der Waals surface area contributed by atoms with Gasteiger partial charge in [-0.25, -0.2) is 0 Å². The van der Waals surface area contributed by atoms with Crippen LogP contribution in [0.15, 0.2) is 30.3 Å². The third kappa shape index (κ3) is 3.73. The summed E-state index contributed by atoms with van der Waals surface area (Å²) >= 11 is 0. The van der Waals surface area contributed by atoms with Gasteiger partial charge in [-0.1, -0.05) is 44.2 Å². The van der Waals surface area contributed by atoms with E-state index in [-0.39, 0.29) is 0 Å². The van der Waals surface area contributed by atoms with Gasteiger partial charge in [-0.3, -0.25) is 4.79 Å². The molecule has 2 N–H and O–H groups in total. The van der Waals surface area contributed by atoms with Crippen LogP contribution < -0.4 is 5.32 Å². The van der Waals surface area contributed by atoms with Gasteiger partial charge >= 0.3 is 5.92 Å². The summed E-state index contributed by atoms with van der Waals surface area (Å²) in [6.45, 7) is 4.49. The second-order valence-electron chi connectivity index (χ2n) is 4.92. The number of alkyl halides is 2. The lowest BCUT2D eigenvalue weighted by molar-refractivity contribution is -0.169. The highest BCUT2D eigenvalue weighted by molar-refractivity contribution is 5.84. The molecule has 0 spiro atoms. The van der Waals surface area contributed by atoms with Crippen molar-refractivity contribution in [1.29, 1.82) is 0 Å². The lowest BCUT2D eigenvalue weighted by atomic mass is 9.99. The van der Waals surface area contributed by atoms with Crippen LogP contribution in [0.2, 0.25) is 0 Å². The van der Waals surface area contributed by atoms with Crippen molar-refractivity contribution in [2.45, 2.75) is 38.8 Å². The molecule has 0 fully saturated rings. The monoisotopic (exact) mass is 271 g/mol. The highest BCUT2D eigenvalue weighted by Crippen LogP contribution is 2.25. The number of benzene rings is 1. The predicted molar refractivity (Wildman–Crippen MR) is 68.8 cm³/mol. The molecule has 0 aliphatic rings. The minimum absolute atomic E-state index is 0.543. The third-order valence-electron chi connectivity index (χ3n) is 2.95. The number of hydrogen-bond acceptors (Lipinski definition) is 2. The van der Waals surface area contributed by atoms with Crippen molar-refractivity contribution in [2.75, 3.05) is 0 Å². The van der Waals surface area contributed by atoms with E-state index in [0.717, 1.165) is 5.56 Å². The first kappa shape index (κ1) is 15.6. The molecule has 0 aromatic heterocycles. The number of carbonyl (C=O) groups is 1. The standard InChI is InChI=1S/C14H19F2NO2/c1-9(2)12(18)14(15,16)13(19)17-10(3)11-7-5-4-6-8-11/h4-10,12,18H,1-3H3,(H,17,19)/t10-,12?/m0/s1. The quantitative estimate of drug-likeness (QED) is 0.864. The molecule has 3 nitrogen and oxygen atoms in total. The summed E-state index contributed by atoms with van der Waals surface area (Å²) < 4.78 is 27.4. The van der Waals surface area contributed by atoms with Gasteiger partial charge in [-0.15, -0.1) is 0 Å². The number of carbonyl (C=O) groups excluding carboxylic acids is 1. The fourth-order valence-corrected chi connectivity index (χ4v) is 1.67. The molecular weight excluding hydrogens is 252 g/mol. The maximum Gasteiger partial charge on any atom is 0.349 e. The Bertz CT molecular complexity index is 421. The van der Waals surface area contributed by atoms with Gasteiger partial charge in [-0.2, -0.15) is 8.78 Å². The summed E-state index contributed by atoms with van der Waals surface area (Å²) in [6, 6.07) is 8.26. The van der Waals surface area contributed by atoms with Crippen molar-refractivity contribution >= 4 is 5.91 Å². The third-order valence-corrected chi connectivity index (χ3v) is 2.95. The summed E-state index contributed by atoms with van der Waals surface area (Å²) in [5, 5.41) is 11.6. The molecule has 1 rings (SSSR count). The van der Waals surface area contributed by atoms with E-state index in [4.69, 9.17) is 0 Å². The van der Waals surface area contributed by atoms with Crippen LogP contribution in [0.1, 0.15) is 32.4 Å². The zero-order valence-corrected chi connectivity index (χ0v) is 11.2. The van der Waals surface area contributed by atoms with Crippen LogP contribution in [0, 0.1) is 5.92 Å². The summed E-state index contributed by atoms with van der Waals surface area (Å²) in [4.78, 5) is 11.6. The van der Waals surface area contributed by atoms with Gasteiger partial charge in [0.1, 0.15) is 6.10 Å². The number of halogens is 2. The SMILES string of the molecule is CC(C)C(O)C(F)(F)C(=O)N[C@@H](C)c1ccccc1. The van der Waals surface area contributed by atoms with Gasteiger partial charge < -0.3 is 10.4 Å². The molecule has 2 atom stereocenters. The molecule has 1 amide bonds. The molecule has 0 aliphatic carbocycles. The van der Waals surface area contributed by atoms with Crippen LogP contribution in [-0.4, -0.2) is 23.0 Å².